The topological polar surface area (TPSA) is 77.2 Å². The van der Waals surface area contributed by atoms with Crippen molar-refractivity contribution in [1.29, 1.82) is 0 Å². The molecule has 1 atom stereocenters. The molecule has 1 aliphatic carbocycles. The quantitative estimate of drug-likeness (QED) is 0.679. The van der Waals surface area contributed by atoms with Crippen LogP contribution in [0.1, 0.15) is 47.6 Å². The highest BCUT2D eigenvalue weighted by molar-refractivity contribution is 5.82. The average Bonchev–Trinajstić information content (AvgIpc) is 3.26. The Kier molecular flexibility index (Phi) is 4.45. The van der Waals surface area contributed by atoms with Gasteiger partial charge in [0.05, 0.1) is 18.0 Å². The summed E-state index contributed by atoms with van der Waals surface area (Å²) < 4.78 is 6.89. The maximum atomic E-state index is 12.8. The number of carbonyl (C=O) groups is 1. The number of ether oxygens (including phenoxy) is 1. The second-order valence-corrected chi connectivity index (χ2v) is 8.22. The number of carbonyl (C=O) groups excluding carboxylic acids is 1. The maximum absolute atomic E-state index is 12.8. The van der Waals surface area contributed by atoms with Crippen molar-refractivity contribution in [2.45, 2.75) is 33.1 Å². The number of hydrogen-bond donors (Lipinski definition) is 1. The Balaban J connectivity index is 1.95. The molecule has 1 unspecified atom stereocenters. The van der Waals surface area contributed by atoms with E-state index in [1.54, 1.807) is 4.68 Å². The largest absolute Gasteiger partial charge is 0.508 e. The third-order valence-electron chi connectivity index (χ3n) is 6.08. The van der Waals surface area contributed by atoms with Crippen LogP contribution in [0.4, 0.5) is 0 Å². The summed E-state index contributed by atoms with van der Waals surface area (Å²) in [6.45, 7) is 5.80. The number of fused-ring (bicyclic) bond motifs is 2. The molecule has 3 aromatic rings. The first-order chi connectivity index (χ1) is 13.8. The molecule has 6 nitrogen and oxygen atoms in total. The lowest BCUT2D eigenvalue weighted by molar-refractivity contribution is -0.151. The molecule has 1 heterocycles. The zero-order valence-electron chi connectivity index (χ0n) is 17.4. The number of methoxy groups -OCH3 is 1. The van der Waals surface area contributed by atoms with Gasteiger partial charge in [0, 0.05) is 18.5 Å². The number of nitrogens with zero attached hydrogens (tertiary/aromatic N) is 3. The molecule has 0 saturated heterocycles. The number of aliphatic hydroxyl groups excluding tert-OH is 1. The van der Waals surface area contributed by atoms with Gasteiger partial charge in [-0.3, -0.25) is 4.79 Å². The van der Waals surface area contributed by atoms with E-state index in [-0.39, 0.29) is 17.6 Å². The first kappa shape index (κ1) is 19.2. The summed E-state index contributed by atoms with van der Waals surface area (Å²) in [6.07, 6.45) is 2.53. The van der Waals surface area contributed by atoms with Crippen LogP contribution in [-0.4, -0.2) is 33.2 Å². The fourth-order valence-corrected chi connectivity index (χ4v) is 4.43. The first-order valence-corrected chi connectivity index (χ1v) is 9.65. The van der Waals surface area contributed by atoms with Crippen LogP contribution in [0.5, 0.6) is 0 Å². The molecular formula is C23H25N3O3. The number of aliphatic hydroxyl groups is 1. The fourth-order valence-electron chi connectivity index (χ4n) is 4.43. The van der Waals surface area contributed by atoms with E-state index in [4.69, 9.17) is 4.74 Å². The Morgan fingerprint density at radius 3 is 2.76 bits per heavy atom. The lowest BCUT2D eigenvalue weighted by atomic mass is 9.69. The average molecular weight is 391 g/mol. The van der Waals surface area contributed by atoms with Crippen molar-refractivity contribution in [3.8, 4) is 0 Å². The fraction of sp³-hybridized carbons (Fsp3) is 0.348. The van der Waals surface area contributed by atoms with Crippen molar-refractivity contribution in [1.82, 2.24) is 15.0 Å². The van der Waals surface area contributed by atoms with Gasteiger partial charge in [-0.25, -0.2) is 4.68 Å². The smallest absolute Gasteiger partial charge is 0.312 e. The zero-order chi connectivity index (χ0) is 20.9. The lowest BCUT2D eigenvalue weighted by Crippen LogP contribution is -2.34. The van der Waals surface area contributed by atoms with E-state index >= 15 is 0 Å². The van der Waals surface area contributed by atoms with Crippen molar-refractivity contribution in [3.63, 3.8) is 0 Å². The lowest BCUT2D eigenvalue weighted by Gasteiger charge is -2.34. The van der Waals surface area contributed by atoms with Gasteiger partial charge in [0.15, 0.2) is 0 Å². The minimum absolute atomic E-state index is 0.278. The third-order valence-corrected chi connectivity index (χ3v) is 6.08. The monoisotopic (exact) mass is 391 g/mol. The zero-order valence-corrected chi connectivity index (χ0v) is 17.4. The number of allylic oxidation sites excluding steroid dienone is 1. The molecule has 4 rings (SSSR count). The van der Waals surface area contributed by atoms with E-state index in [0.29, 0.717) is 0 Å². The van der Waals surface area contributed by atoms with Crippen LogP contribution in [0.15, 0.2) is 36.4 Å². The van der Waals surface area contributed by atoms with Crippen molar-refractivity contribution in [2.24, 2.45) is 12.5 Å². The van der Waals surface area contributed by atoms with E-state index in [9.17, 15) is 9.90 Å². The number of rotatable bonds is 4. The van der Waals surface area contributed by atoms with Crippen LogP contribution in [0.2, 0.25) is 0 Å². The third kappa shape index (κ3) is 2.90. The molecule has 1 aromatic heterocycles. The predicted octanol–water partition coefficient (Wildman–Crippen LogP) is 4.06. The molecule has 0 aliphatic heterocycles. The molecule has 1 N–H and O–H groups in total. The summed E-state index contributed by atoms with van der Waals surface area (Å²) in [7, 11) is 3.27. The van der Waals surface area contributed by atoms with Crippen molar-refractivity contribution in [2.75, 3.05) is 7.11 Å². The van der Waals surface area contributed by atoms with Crippen LogP contribution in [0.3, 0.4) is 0 Å². The van der Waals surface area contributed by atoms with Gasteiger partial charge in [-0.2, -0.15) is 0 Å². The molecule has 0 bridgehead atoms. The van der Waals surface area contributed by atoms with Gasteiger partial charge in [0.1, 0.15) is 11.3 Å². The number of aryl methyl sites for hydroxylation is 2. The van der Waals surface area contributed by atoms with E-state index in [2.05, 4.69) is 10.3 Å². The van der Waals surface area contributed by atoms with Gasteiger partial charge >= 0.3 is 5.97 Å². The summed E-state index contributed by atoms with van der Waals surface area (Å²) in [5.41, 5.74) is 5.77. The van der Waals surface area contributed by atoms with Crippen molar-refractivity contribution >= 4 is 22.8 Å². The van der Waals surface area contributed by atoms with Crippen molar-refractivity contribution < 1.29 is 14.6 Å². The summed E-state index contributed by atoms with van der Waals surface area (Å²) in [5.74, 6) is -0.279. The minimum Gasteiger partial charge on any atom is -0.508 e. The number of hydrogen-bond acceptors (Lipinski definition) is 5. The first-order valence-electron chi connectivity index (χ1n) is 9.65. The maximum Gasteiger partial charge on any atom is 0.312 e. The normalized spacial score (nSPS) is 14.6. The van der Waals surface area contributed by atoms with Gasteiger partial charge < -0.3 is 9.84 Å². The Labute approximate surface area is 169 Å². The molecule has 0 fully saturated rings. The molecule has 0 amide bonds. The van der Waals surface area contributed by atoms with E-state index in [0.717, 1.165) is 45.3 Å². The molecule has 6 heteroatoms. The van der Waals surface area contributed by atoms with Crippen LogP contribution < -0.4 is 0 Å². The molecular weight excluding hydrogens is 366 g/mol. The Hall–Kier alpha value is -3.15. The standard InChI is InChI=1S/C23H25N3O3/c1-13-16(9-10-18-21(13)24-25-26(18)4)20(23(2,3)22(28)29-5)15-7-6-14-8-11-19(27)17(14)12-15/h6-7,9-12,20,27H,8H2,1-5H3. The molecule has 150 valence electrons. The van der Waals surface area contributed by atoms with E-state index in [1.165, 1.54) is 7.11 Å². The van der Waals surface area contributed by atoms with Gasteiger partial charge in [-0.1, -0.05) is 23.4 Å². The molecule has 0 saturated carbocycles. The van der Waals surface area contributed by atoms with Crippen molar-refractivity contribution in [3.05, 3.63) is 64.2 Å². The Bertz CT molecular complexity index is 1160. The highest BCUT2D eigenvalue weighted by atomic mass is 16.5. The summed E-state index contributed by atoms with van der Waals surface area (Å²) in [4.78, 5) is 12.8. The highest BCUT2D eigenvalue weighted by Gasteiger charge is 2.41. The van der Waals surface area contributed by atoms with Gasteiger partial charge in [0.2, 0.25) is 0 Å². The van der Waals surface area contributed by atoms with Gasteiger partial charge in [0.25, 0.3) is 0 Å². The predicted molar refractivity (Wildman–Crippen MR) is 112 cm³/mol. The van der Waals surface area contributed by atoms with Gasteiger partial charge in [-0.15, -0.1) is 5.10 Å². The number of benzene rings is 2. The van der Waals surface area contributed by atoms with Crippen LogP contribution in [-0.2, 0) is 23.0 Å². The molecule has 0 radical (unpaired) electrons. The highest BCUT2D eigenvalue weighted by Crippen LogP contribution is 2.45. The number of aromatic nitrogens is 3. The SMILES string of the molecule is COC(=O)C(C)(C)C(c1ccc2c(c1)C(O)=CC2)c1ccc2c(nnn2C)c1C. The van der Waals surface area contributed by atoms with E-state index in [1.807, 2.05) is 64.2 Å². The second kappa shape index (κ2) is 6.72. The van der Waals surface area contributed by atoms with Crippen LogP contribution in [0, 0.1) is 12.3 Å². The molecule has 0 spiro atoms. The summed E-state index contributed by atoms with van der Waals surface area (Å²) in [5, 5.41) is 18.7. The molecule has 29 heavy (non-hydrogen) atoms. The second-order valence-electron chi connectivity index (χ2n) is 8.22. The summed E-state index contributed by atoms with van der Waals surface area (Å²) in [6, 6.07) is 10.1. The van der Waals surface area contributed by atoms with Gasteiger partial charge in [-0.05, 0) is 67.7 Å². The number of esters is 1. The Morgan fingerprint density at radius 2 is 2.03 bits per heavy atom. The summed E-state index contributed by atoms with van der Waals surface area (Å²) >= 11 is 0. The van der Waals surface area contributed by atoms with Crippen LogP contribution >= 0.6 is 0 Å². The van der Waals surface area contributed by atoms with Crippen LogP contribution in [0.25, 0.3) is 16.8 Å². The molecule has 1 aliphatic rings. The van der Waals surface area contributed by atoms with E-state index < -0.39 is 5.41 Å². The molecule has 2 aromatic carbocycles. The Morgan fingerprint density at radius 1 is 1.28 bits per heavy atom. The minimum atomic E-state index is -0.832.